The van der Waals surface area contributed by atoms with Crippen LogP contribution in [0, 0.1) is 10.5 Å². The number of nitrogens with two attached hydrogens (primary N) is 1. The average Bonchev–Trinajstić information content (AvgIpc) is 2.68. The molecule has 0 heterocycles. The van der Waals surface area contributed by atoms with E-state index in [0.29, 0.717) is 16.1 Å². The molecule has 0 saturated carbocycles. The van der Waals surface area contributed by atoms with Crippen molar-refractivity contribution in [3.05, 3.63) is 98.1 Å². The summed E-state index contributed by atoms with van der Waals surface area (Å²) in [7, 11) is -4.08. The van der Waals surface area contributed by atoms with E-state index < -0.39 is 15.7 Å². The fourth-order valence-electron chi connectivity index (χ4n) is 2.91. The lowest BCUT2D eigenvalue weighted by Gasteiger charge is -2.33. The summed E-state index contributed by atoms with van der Waals surface area (Å²) in [6.07, 6.45) is 0. The first-order valence-corrected chi connectivity index (χ1v) is 11.4. The molecule has 146 valence electrons. The summed E-state index contributed by atoms with van der Waals surface area (Å²) in [5.41, 5.74) is 6.97. The van der Waals surface area contributed by atoms with Crippen molar-refractivity contribution in [2.45, 2.75) is 17.4 Å². The molecule has 4 nitrogen and oxygen atoms in total. The molecule has 0 unspecified atom stereocenters. The Morgan fingerprint density at radius 2 is 1.43 bits per heavy atom. The van der Waals surface area contributed by atoms with Crippen LogP contribution >= 0.6 is 34.2 Å². The average molecular weight is 528 g/mol. The van der Waals surface area contributed by atoms with Crippen molar-refractivity contribution in [3.8, 4) is 0 Å². The zero-order valence-corrected chi connectivity index (χ0v) is 18.8. The van der Waals surface area contributed by atoms with Crippen LogP contribution < -0.4 is 5.73 Å². The Kier molecular flexibility index (Phi) is 6.46. The molecular formula is C21H19ClINO3S. The van der Waals surface area contributed by atoms with Crippen LogP contribution in [-0.4, -0.2) is 15.0 Å². The molecule has 0 aliphatic heterocycles. The van der Waals surface area contributed by atoms with Gasteiger partial charge in [0.1, 0.15) is 0 Å². The highest BCUT2D eigenvalue weighted by Crippen LogP contribution is 2.37. The second-order valence-corrected chi connectivity index (χ2v) is 9.62. The molecule has 1 atom stereocenters. The number of aryl methyl sites for hydroxylation is 1. The number of halogens is 2. The van der Waals surface area contributed by atoms with Gasteiger partial charge in [-0.3, -0.25) is 0 Å². The predicted molar refractivity (Wildman–Crippen MR) is 120 cm³/mol. The molecule has 0 radical (unpaired) electrons. The van der Waals surface area contributed by atoms with Crippen LogP contribution in [0.5, 0.6) is 0 Å². The number of rotatable bonds is 6. The molecule has 0 aromatic heterocycles. The molecule has 0 spiro atoms. The van der Waals surface area contributed by atoms with Gasteiger partial charge in [-0.2, -0.15) is 8.42 Å². The summed E-state index contributed by atoms with van der Waals surface area (Å²) in [6.45, 7) is 1.82. The van der Waals surface area contributed by atoms with Crippen LogP contribution in [-0.2, 0) is 19.9 Å². The van der Waals surface area contributed by atoms with Gasteiger partial charge in [-0.05, 0) is 77.0 Å². The maximum absolute atomic E-state index is 13.1. The Balaban J connectivity index is 2.16. The molecule has 0 bridgehead atoms. The van der Waals surface area contributed by atoms with Crippen molar-refractivity contribution < 1.29 is 12.6 Å². The van der Waals surface area contributed by atoms with Gasteiger partial charge in [-0.25, -0.2) is 4.18 Å². The van der Waals surface area contributed by atoms with E-state index in [1.54, 1.807) is 36.4 Å². The molecule has 3 aromatic carbocycles. The molecule has 3 aromatic rings. The Morgan fingerprint density at radius 1 is 0.929 bits per heavy atom. The van der Waals surface area contributed by atoms with E-state index in [1.165, 1.54) is 12.1 Å². The minimum Gasteiger partial charge on any atom is -0.327 e. The van der Waals surface area contributed by atoms with Crippen molar-refractivity contribution in [2.75, 3.05) is 6.54 Å². The van der Waals surface area contributed by atoms with Crippen LogP contribution in [0.2, 0.25) is 5.02 Å². The first kappa shape index (κ1) is 21.3. The van der Waals surface area contributed by atoms with Crippen molar-refractivity contribution in [1.29, 1.82) is 0 Å². The lowest BCUT2D eigenvalue weighted by Crippen LogP contribution is -2.41. The van der Waals surface area contributed by atoms with Crippen LogP contribution in [0.4, 0.5) is 0 Å². The van der Waals surface area contributed by atoms with Crippen LogP contribution in [0.15, 0.2) is 77.7 Å². The molecule has 0 saturated heterocycles. The third-order valence-corrected chi connectivity index (χ3v) is 6.79. The molecule has 3 rings (SSSR count). The standard InChI is InChI=1S/C21H19ClINO3S/c1-15-2-12-20(13-3-15)28(25,26)27-21(14-24,16-4-8-18(22)9-5-16)17-6-10-19(23)11-7-17/h2-13H,14,24H2,1H3/t21-/m0/s1. The van der Waals surface area contributed by atoms with Crippen molar-refractivity contribution in [2.24, 2.45) is 5.73 Å². The van der Waals surface area contributed by atoms with E-state index in [-0.39, 0.29) is 11.4 Å². The minimum absolute atomic E-state index is 0.0691. The fraction of sp³-hybridized carbons (Fsp3) is 0.143. The van der Waals surface area contributed by atoms with E-state index in [9.17, 15) is 8.42 Å². The maximum atomic E-state index is 13.1. The number of hydrogen-bond acceptors (Lipinski definition) is 4. The Labute approximate surface area is 183 Å². The van der Waals surface area contributed by atoms with Crippen molar-refractivity contribution in [3.63, 3.8) is 0 Å². The monoisotopic (exact) mass is 527 g/mol. The molecular weight excluding hydrogens is 509 g/mol. The largest absolute Gasteiger partial charge is 0.327 e. The molecule has 0 fully saturated rings. The first-order chi connectivity index (χ1) is 13.3. The molecule has 7 heteroatoms. The summed E-state index contributed by atoms with van der Waals surface area (Å²) >= 11 is 8.21. The molecule has 0 amide bonds. The van der Waals surface area contributed by atoms with Gasteiger partial charge in [0.25, 0.3) is 10.1 Å². The van der Waals surface area contributed by atoms with Crippen LogP contribution in [0.3, 0.4) is 0 Å². The zero-order chi connectivity index (χ0) is 20.4. The quantitative estimate of drug-likeness (QED) is 0.367. The van der Waals surface area contributed by atoms with Gasteiger partial charge in [0.05, 0.1) is 4.90 Å². The first-order valence-electron chi connectivity index (χ1n) is 8.51. The van der Waals surface area contributed by atoms with E-state index in [1.807, 2.05) is 31.2 Å². The summed E-state index contributed by atoms with van der Waals surface area (Å²) in [4.78, 5) is 0.0791. The molecule has 28 heavy (non-hydrogen) atoms. The van der Waals surface area contributed by atoms with Gasteiger partial charge in [0.2, 0.25) is 0 Å². The fourth-order valence-corrected chi connectivity index (χ4v) is 4.60. The summed E-state index contributed by atoms with van der Waals surface area (Å²) in [5, 5.41) is 0.540. The molecule has 0 aliphatic carbocycles. The Bertz CT molecular complexity index is 1000. The number of hydrogen-bond donors (Lipinski definition) is 1. The van der Waals surface area contributed by atoms with Gasteiger partial charge in [-0.15, -0.1) is 0 Å². The van der Waals surface area contributed by atoms with Gasteiger partial charge < -0.3 is 5.73 Å². The summed E-state index contributed by atoms with van der Waals surface area (Å²) in [6, 6.07) is 20.8. The van der Waals surface area contributed by atoms with Crippen molar-refractivity contribution in [1.82, 2.24) is 0 Å². The minimum atomic E-state index is -4.08. The third-order valence-electron chi connectivity index (χ3n) is 4.47. The van der Waals surface area contributed by atoms with E-state index in [2.05, 4.69) is 22.6 Å². The van der Waals surface area contributed by atoms with E-state index in [0.717, 1.165) is 9.13 Å². The van der Waals surface area contributed by atoms with Crippen LogP contribution in [0.1, 0.15) is 16.7 Å². The van der Waals surface area contributed by atoms with E-state index >= 15 is 0 Å². The van der Waals surface area contributed by atoms with Gasteiger partial charge >= 0.3 is 0 Å². The lowest BCUT2D eigenvalue weighted by molar-refractivity contribution is 0.128. The number of benzene rings is 3. The van der Waals surface area contributed by atoms with Crippen LogP contribution in [0.25, 0.3) is 0 Å². The summed E-state index contributed by atoms with van der Waals surface area (Å²) < 4.78 is 33.1. The second-order valence-electron chi connectivity index (χ2n) is 6.40. The zero-order valence-electron chi connectivity index (χ0n) is 15.1. The van der Waals surface area contributed by atoms with Gasteiger partial charge in [0.15, 0.2) is 5.60 Å². The topological polar surface area (TPSA) is 69.4 Å². The van der Waals surface area contributed by atoms with E-state index in [4.69, 9.17) is 21.5 Å². The highest BCUT2D eigenvalue weighted by atomic mass is 127. The van der Waals surface area contributed by atoms with Gasteiger partial charge in [0, 0.05) is 15.1 Å². The Hall–Kier alpha value is -1.45. The highest BCUT2D eigenvalue weighted by Gasteiger charge is 2.40. The lowest BCUT2D eigenvalue weighted by atomic mass is 9.86. The molecule has 2 N–H and O–H groups in total. The predicted octanol–water partition coefficient (Wildman–Crippen LogP) is 4.86. The smallest absolute Gasteiger partial charge is 0.298 e. The SMILES string of the molecule is Cc1ccc(S(=O)(=O)O[C@@](CN)(c2ccc(Cl)cc2)c2ccc(I)cc2)cc1. The molecule has 0 aliphatic rings. The second kappa shape index (κ2) is 8.51. The Morgan fingerprint density at radius 3 is 1.93 bits per heavy atom. The normalized spacial score (nSPS) is 13.9. The summed E-state index contributed by atoms with van der Waals surface area (Å²) in [5.74, 6) is 0. The maximum Gasteiger partial charge on any atom is 0.298 e. The van der Waals surface area contributed by atoms with Gasteiger partial charge in [-0.1, -0.05) is 53.6 Å². The van der Waals surface area contributed by atoms with Crippen molar-refractivity contribution >= 4 is 44.3 Å². The third kappa shape index (κ3) is 4.41. The highest BCUT2D eigenvalue weighted by molar-refractivity contribution is 14.1.